The zero-order valence-electron chi connectivity index (χ0n) is 12.6. The summed E-state index contributed by atoms with van der Waals surface area (Å²) in [6.45, 7) is 6.64. The van der Waals surface area contributed by atoms with Crippen molar-refractivity contribution in [2.45, 2.75) is 32.8 Å². The number of hydrogen-bond donors (Lipinski definition) is 3. The summed E-state index contributed by atoms with van der Waals surface area (Å²) < 4.78 is 5.49. The van der Waals surface area contributed by atoms with Crippen molar-refractivity contribution in [3.8, 4) is 0 Å². The molecule has 6 heteroatoms. The van der Waals surface area contributed by atoms with Gasteiger partial charge in [-0.2, -0.15) is 0 Å². The van der Waals surface area contributed by atoms with E-state index in [2.05, 4.69) is 10.6 Å². The Morgan fingerprint density at radius 1 is 1.33 bits per heavy atom. The molecule has 0 aliphatic carbocycles. The Kier molecular flexibility index (Phi) is 6.17. The molecule has 0 fully saturated rings. The molecule has 116 valence electrons. The van der Waals surface area contributed by atoms with E-state index in [-0.39, 0.29) is 12.5 Å². The molecule has 0 heterocycles. The summed E-state index contributed by atoms with van der Waals surface area (Å²) in [5.74, 6) is -0.907. The van der Waals surface area contributed by atoms with Crippen molar-refractivity contribution in [1.29, 1.82) is 0 Å². The molecule has 0 aliphatic rings. The van der Waals surface area contributed by atoms with Crippen molar-refractivity contribution in [3.05, 3.63) is 29.8 Å². The molecule has 2 amide bonds. The highest BCUT2D eigenvalue weighted by Gasteiger charge is 2.18. The van der Waals surface area contributed by atoms with E-state index < -0.39 is 11.6 Å². The Balaban J connectivity index is 2.53. The van der Waals surface area contributed by atoms with E-state index in [0.717, 1.165) is 0 Å². The van der Waals surface area contributed by atoms with E-state index >= 15 is 0 Å². The maximum Gasteiger partial charge on any atom is 0.319 e. The second-order valence-corrected chi connectivity index (χ2v) is 5.27. The Bertz CT molecular complexity index is 500. The van der Waals surface area contributed by atoms with Crippen molar-refractivity contribution in [1.82, 2.24) is 5.32 Å². The smallest absolute Gasteiger partial charge is 0.319 e. The minimum Gasteiger partial charge on any atom is -0.481 e. The van der Waals surface area contributed by atoms with Crippen molar-refractivity contribution >= 4 is 17.7 Å². The van der Waals surface area contributed by atoms with E-state index in [1.54, 1.807) is 24.3 Å². The molecule has 0 aromatic heterocycles. The van der Waals surface area contributed by atoms with Gasteiger partial charge in [-0.15, -0.1) is 0 Å². The van der Waals surface area contributed by atoms with E-state index in [1.807, 2.05) is 20.8 Å². The van der Waals surface area contributed by atoms with Crippen LogP contribution in [-0.2, 0) is 16.0 Å². The highest BCUT2D eigenvalue weighted by Crippen LogP contribution is 2.11. The molecule has 1 rings (SSSR count). The molecule has 0 atom stereocenters. The molecule has 0 saturated heterocycles. The quantitative estimate of drug-likeness (QED) is 0.719. The van der Waals surface area contributed by atoms with Gasteiger partial charge in [0, 0.05) is 18.8 Å². The lowest BCUT2D eigenvalue weighted by Crippen LogP contribution is -2.42. The number of carboxylic acid groups (broad SMARTS) is 1. The van der Waals surface area contributed by atoms with Gasteiger partial charge in [-0.05, 0) is 38.5 Å². The third-order valence-electron chi connectivity index (χ3n) is 2.75. The number of benzene rings is 1. The van der Waals surface area contributed by atoms with Crippen LogP contribution in [0.15, 0.2) is 24.3 Å². The Hall–Kier alpha value is -2.08. The molecule has 0 spiro atoms. The Morgan fingerprint density at radius 2 is 2.05 bits per heavy atom. The lowest BCUT2D eigenvalue weighted by atomic mass is 10.1. The van der Waals surface area contributed by atoms with Crippen LogP contribution in [0.3, 0.4) is 0 Å². The van der Waals surface area contributed by atoms with Crippen LogP contribution in [-0.4, -0.2) is 35.9 Å². The van der Waals surface area contributed by atoms with Gasteiger partial charge in [0.1, 0.15) is 0 Å². The van der Waals surface area contributed by atoms with Gasteiger partial charge >= 0.3 is 12.0 Å². The summed E-state index contributed by atoms with van der Waals surface area (Å²) >= 11 is 0. The van der Waals surface area contributed by atoms with Gasteiger partial charge in [0.2, 0.25) is 0 Å². The zero-order chi connectivity index (χ0) is 15.9. The first-order valence-corrected chi connectivity index (χ1v) is 6.82. The lowest BCUT2D eigenvalue weighted by Gasteiger charge is -2.24. The fraction of sp³-hybridized carbons (Fsp3) is 0.467. The summed E-state index contributed by atoms with van der Waals surface area (Å²) in [4.78, 5) is 22.5. The lowest BCUT2D eigenvalue weighted by molar-refractivity contribution is -0.136. The van der Waals surface area contributed by atoms with E-state index in [4.69, 9.17) is 9.84 Å². The molecule has 3 N–H and O–H groups in total. The number of hydrogen-bond acceptors (Lipinski definition) is 3. The first-order chi connectivity index (χ1) is 9.82. The highest BCUT2D eigenvalue weighted by molar-refractivity contribution is 5.89. The van der Waals surface area contributed by atoms with Crippen LogP contribution >= 0.6 is 0 Å². The van der Waals surface area contributed by atoms with E-state index in [9.17, 15) is 9.59 Å². The van der Waals surface area contributed by atoms with Crippen LogP contribution in [0.1, 0.15) is 26.3 Å². The number of nitrogens with one attached hydrogen (secondary N) is 2. The second kappa shape index (κ2) is 7.64. The van der Waals surface area contributed by atoms with Gasteiger partial charge in [-0.25, -0.2) is 4.79 Å². The minimum absolute atomic E-state index is 0.0749. The van der Waals surface area contributed by atoms with Crippen molar-refractivity contribution in [3.63, 3.8) is 0 Å². The number of carbonyl (C=O) groups is 2. The molecule has 1 aromatic rings. The molecule has 0 bridgehead atoms. The molecule has 6 nitrogen and oxygen atoms in total. The molecule has 0 aliphatic heterocycles. The van der Waals surface area contributed by atoms with E-state index in [0.29, 0.717) is 24.4 Å². The largest absolute Gasteiger partial charge is 0.481 e. The summed E-state index contributed by atoms with van der Waals surface area (Å²) in [5, 5.41) is 14.1. The van der Waals surface area contributed by atoms with Crippen molar-refractivity contribution < 1.29 is 19.4 Å². The molecular formula is C15H22N2O4. The number of ether oxygens (including phenoxy) is 1. The predicted molar refractivity (Wildman–Crippen MR) is 80.5 cm³/mol. The molecule has 21 heavy (non-hydrogen) atoms. The number of rotatable bonds is 7. The average molecular weight is 294 g/mol. The molecule has 1 aromatic carbocycles. The fourth-order valence-electron chi connectivity index (χ4n) is 1.84. The average Bonchev–Trinajstić information content (AvgIpc) is 2.36. The van der Waals surface area contributed by atoms with Gasteiger partial charge in [-0.1, -0.05) is 12.1 Å². The van der Waals surface area contributed by atoms with Crippen LogP contribution in [0.2, 0.25) is 0 Å². The summed E-state index contributed by atoms with van der Waals surface area (Å²) in [5.41, 5.74) is 0.757. The second-order valence-electron chi connectivity index (χ2n) is 5.27. The maximum absolute atomic E-state index is 11.8. The molecule has 0 saturated carbocycles. The van der Waals surface area contributed by atoms with Crippen LogP contribution < -0.4 is 10.6 Å². The third-order valence-corrected chi connectivity index (χ3v) is 2.75. The summed E-state index contributed by atoms with van der Waals surface area (Å²) in [6.07, 6.45) is -0.0749. The normalized spacial score (nSPS) is 11.0. The molecule has 0 unspecified atom stereocenters. The SMILES string of the molecule is CCOC(C)(C)CNC(=O)Nc1cccc(CC(=O)O)c1. The maximum atomic E-state index is 11.8. The fourth-order valence-corrected chi connectivity index (χ4v) is 1.84. The standard InChI is InChI=1S/C15H22N2O4/c1-4-21-15(2,3)10-16-14(20)17-12-7-5-6-11(8-12)9-13(18)19/h5-8H,4,9-10H2,1-3H3,(H,18,19)(H2,16,17,20). The summed E-state index contributed by atoms with van der Waals surface area (Å²) in [6, 6.07) is 6.41. The number of amides is 2. The van der Waals surface area contributed by atoms with Gasteiger partial charge in [0.25, 0.3) is 0 Å². The Morgan fingerprint density at radius 3 is 2.67 bits per heavy atom. The topological polar surface area (TPSA) is 87.7 Å². The van der Waals surface area contributed by atoms with Crippen LogP contribution in [0.25, 0.3) is 0 Å². The number of carboxylic acids is 1. The number of anilines is 1. The van der Waals surface area contributed by atoms with Gasteiger partial charge in [0.15, 0.2) is 0 Å². The van der Waals surface area contributed by atoms with Gasteiger partial charge < -0.3 is 20.5 Å². The van der Waals surface area contributed by atoms with Crippen LogP contribution in [0.5, 0.6) is 0 Å². The van der Waals surface area contributed by atoms with Crippen LogP contribution in [0, 0.1) is 0 Å². The van der Waals surface area contributed by atoms with E-state index in [1.165, 1.54) is 0 Å². The molecule has 0 radical (unpaired) electrons. The predicted octanol–water partition coefficient (Wildman–Crippen LogP) is 2.25. The first kappa shape index (κ1) is 17.0. The number of urea groups is 1. The minimum atomic E-state index is -0.907. The zero-order valence-corrected chi connectivity index (χ0v) is 12.6. The number of carbonyl (C=O) groups excluding carboxylic acids is 1. The highest BCUT2D eigenvalue weighted by atomic mass is 16.5. The van der Waals surface area contributed by atoms with Crippen molar-refractivity contribution in [2.75, 3.05) is 18.5 Å². The summed E-state index contributed by atoms with van der Waals surface area (Å²) in [7, 11) is 0. The Labute approximate surface area is 124 Å². The van der Waals surface area contributed by atoms with Crippen LogP contribution in [0.4, 0.5) is 10.5 Å². The van der Waals surface area contributed by atoms with Gasteiger partial charge in [-0.3, -0.25) is 4.79 Å². The third kappa shape index (κ3) is 6.76. The van der Waals surface area contributed by atoms with Crippen molar-refractivity contribution in [2.24, 2.45) is 0 Å². The first-order valence-electron chi connectivity index (χ1n) is 6.82. The molecular weight excluding hydrogens is 272 g/mol. The number of aliphatic carboxylic acids is 1. The van der Waals surface area contributed by atoms with Gasteiger partial charge in [0.05, 0.1) is 12.0 Å². The monoisotopic (exact) mass is 294 g/mol.